The lowest BCUT2D eigenvalue weighted by atomic mass is 10.1. The number of carbonyl (C=O) groups excluding carboxylic acids is 1. The molecule has 32 heavy (non-hydrogen) atoms. The molecule has 0 aliphatic carbocycles. The molecule has 0 bridgehead atoms. The Hall–Kier alpha value is -3.40. The molecule has 4 rings (SSSR count). The smallest absolute Gasteiger partial charge is 0.230 e. The van der Waals surface area contributed by atoms with Crippen LogP contribution in [0.4, 0.5) is 4.39 Å². The maximum atomic E-state index is 13.2. The van der Waals surface area contributed by atoms with Gasteiger partial charge in [-0.1, -0.05) is 11.8 Å². The SMILES string of the molecule is CCn1c(SCC(=O)NC(C)c2cnn(-c3ccc(F)cc3)c2C)nnc1-c1ccco1. The number of carbonyl (C=O) groups is 1. The van der Waals surface area contributed by atoms with Crippen molar-refractivity contribution >= 4 is 17.7 Å². The normalized spacial score (nSPS) is 12.1. The van der Waals surface area contributed by atoms with Gasteiger partial charge in [0.25, 0.3) is 0 Å². The molecule has 0 saturated heterocycles. The van der Waals surface area contributed by atoms with Gasteiger partial charge in [0.15, 0.2) is 16.7 Å². The topological polar surface area (TPSA) is 90.8 Å². The van der Waals surface area contributed by atoms with Crippen LogP contribution in [0.3, 0.4) is 0 Å². The second-order valence-electron chi connectivity index (χ2n) is 7.18. The third-order valence-corrected chi connectivity index (χ3v) is 6.04. The number of aromatic nitrogens is 5. The van der Waals surface area contributed by atoms with E-state index in [-0.39, 0.29) is 23.5 Å². The second kappa shape index (κ2) is 9.39. The summed E-state index contributed by atoms with van der Waals surface area (Å²) in [5.41, 5.74) is 2.53. The number of rotatable bonds is 8. The van der Waals surface area contributed by atoms with Crippen LogP contribution in [0.1, 0.15) is 31.1 Å². The van der Waals surface area contributed by atoms with Crippen LogP contribution in [0, 0.1) is 12.7 Å². The van der Waals surface area contributed by atoms with E-state index in [4.69, 9.17) is 4.42 Å². The molecule has 8 nitrogen and oxygen atoms in total. The molecule has 0 aliphatic heterocycles. The van der Waals surface area contributed by atoms with E-state index in [1.807, 2.05) is 31.4 Å². The number of halogens is 1. The van der Waals surface area contributed by atoms with Crippen LogP contribution in [0.5, 0.6) is 0 Å². The number of hydrogen-bond donors (Lipinski definition) is 1. The molecule has 1 aromatic carbocycles. The first kappa shape index (κ1) is 21.8. The fourth-order valence-corrected chi connectivity index (χ4v) is 4.26. The van der Waals surface area contributed by atoms with Crippen LogP contribution in [0.25, 0.3) is 17.3 Å². The van der Waals surface area contributed by atoms with Crippen molar-refractivity contribution in [2.45, 2.75) is 38.5 Å². The van der Waals surface area contributed by atoms with Gasteiger partial charge in [0, 0.05) is 17.8 Å². The number of nitrogens with one attached hydrogen (secondary N) is 1. The molecule has 0 saturated carbocycles. The van der Waals surface area contributed by atoms with E-state index in [0.717, 1.165) is 16.9 Å². The highest BCUT2D eigenvalue weighted by molar-refractivity contribution is 7.99. The molecule has 1 atom stereocenters. The average Bonchev–Trinajstić information content (AvgIpc) is 3.52. The van der Waals surface area contributed by atoms with Gasteiger partial charge in [-0.2, -0.15) is 5.10 Å². The lowest BCUT2D eigenvalue weighted by Crippen LogP contribution is -2.28. The van der Waals surface area contributed by atoms with Crippen molar-refractivity contribution in [1.82, 2.24) is 29.9 Å². The van der Waals surface area contributed by atoms with Gasteiger partial charge in [0.2, 0.25) is 5.91 Å². The zero-order valence-corrected chi connectivity index (χ0v) is 18.8. The van der Waals surface area contributed by atoms with Gasteiger partial charge in [-0.05, 0) is 57.2 Å². The van der Waals surface area contributed by atoms with Gasteiger partial charge in [0.05, 0.1) is 29.9 Å². The predicted molar refractivity (Wildman–Crippen MR) is 119 cm³/mol. The lowest BCUT2D eigenvalue weighted by molar-refractivity contribution is -0.119. The maximum absolute atomic E-state index is 13.2. The Morgan fingerprint density at radius 1 is 1.25 bits per heavy atom. The molecular weight excluding hydrogens is 431 g/mol. The number of benzene rings is 1. The van der Waals surface area contributed by atoms with Crippen molar-refractivity contribution in [3.05, 3.63) is 65.9 Å². The fourth-order valence-electron chi connectivity index (χ4n) is 3.45. The van der Waals surface area contributed by atoms with Crippen molar-refractivity contribution in [3.63, 3.8) is 0 Å². The number of thioether (sulfide) groups is 1. The summed E-state index contributed by atoms with van der Waals surface area (Å²) in [7, 11) is 0. The molecule has 3 aromatic heterocycles. The zero-order chi connectivity index (χ0) is 22.7. The molecule has 0 spiro atoms. The minimum Gasteiger partial charge on any atom is -0.461 e. The van der Waals surface area contributed by atoms with Gasteiger partial charge in [-0.3, -0.25) is 9.36 Å². The zero-order valence-electron chi connectivity index (χ0n) is 17.9. The van der Waals surface area contributed by atoms with E-state index in [2.05, 4.69) is 20.6 Å². The number of hydrogen-bond acceptors (Lipinski definition) is 6. The molecular formula is C22H23FN6O2S. The summed E-state index contributed by atoms with van der Waals surface area (Å²) in [4.78, 5) is 12.6. The first-order valence-corrected chi connectivity index (χ1v) is 11.2. The second-order valence-corrected chi connectivity index (χ2v) is 8.12. The van der Waals surface area contributed by atoms with E-state index in [9.17, 15) is 9.18 Å². The monoisotopic (exact) mass is 454 g/mol. The highest BCUT2D eigenvalue weighted by Gasteiger charge is 2.19. The highest BCUT2D eigenvalue weighted by atomic mass is 32.2. The summed E-state index contributed by atoms with van der Waals surface area (Å²) >= 11 is 1.32. The molecule has 3 heterocycles. The Bertz CT molecular complexity index is 1200. The standard InChI is InChI=1S/C22H23FN6O2S/c1-4-28-21(19-6-5-11-31-19)26-27-22(28)32-13-20(30)25-14(2)18-12-24-29(15(18)3)17-9-7-16(23)8-10-17/h5-12,14H,4,13H2,1-3H3,(H,25,30). The van der Waals surface area contributed by atoms with Crippen LogP contribution in [0.15, 0.2) is 58.4 Å². The van der Waals surface area contributed by atoms with E-state index in [0.29, 0.717) is 23.3 Å². The fraction of sp³-hybridized carbons (Fsp3) is 0.273. The third kappa shape index (κ3) is 4.45. The molecule has 4 aromatic rings. The van der Waals surface area contributed by atoms with Gasteiger partial charge in [0.1, 0.15) is 5.82 Å². The van der Waals surface area contributed by atoms with E-state index < -0.39 is 0 Å². The summed E-state index contributed by atoms with van der Waals surface area (Å²) in [6, 6.07) is 9.51. The summed E-state index contributed by atoms with van der Waals surface area (Å²) in [6.45, 7) is 6.48. The van der Waals surface area contributed by atoms with E-state index >= 15 is 0 Å². The average molecular weight is 455 g/mol. The first-order valence-electron chi connectivity index (χ1n) is 10.2. The van der Waals surface area contributed by atoms with E-state index in [1.54, 1.807) is 35.3 Å². The van der Waals surface area contributed by atoms with Crippen molar-refractivity contribution in [2.75, 3.05) is 5.75 Å². The van der Waals surface area contributed by atoms with E-state index in [1.165, 1.54) is 23.9 Å². The Morgan fingerprint density at radius 3 is 2.72 bits per heavy atom. The van der Waals surface area contributed by atoms with Crippen molar-refractivity contribution in [3.8, 4) is 17.3 Å². The Kier molecular flexibility index (Phi) is 6.40. The van der Waals surface area contributed by atoms with Crippen molar-refractivity contribution in [1.29, 1.82) is 0 Å². The van der Waals surface area contributed by atoms with Crippen LogP contribution in [-0.2, 0) is 11.3 Å². The number of amides is 1. The number of furan rings is 1. The third-order valence-electron chi connectivity index (χ3n) is 5.07. The van der Waals surface area contributed by atoms with Gasteiger partial charge in [-0.15, -0.1) is 10.2 Å². The molecule has 1 N–H and O–H groups in total. The van der Waals surface area contributed by atoms with Crippen LogP contribution >= 0.6 is 11.8 Å². The minimum atomic E-state index is -0.299. The van der Waals surface area contributed by atoms with Crippen LogP contribution in [-0.4, -0.2) is 36.2 Å². The van der Waals surface area contributed by atoms with Crippen LogP contribution < -0.4 is 5.32 Å². The lowest BCUT2D eigenvalue weighted by Gasteiger charge is -2.14. The van der Waals surface area contributed by atoms with Gasteiger partial charge >= 0.3 is 0 Å². The summed E-state index contributed by atoms with van der Waals surface area (Å²) < 4.78 is 22.3. The minimum absolute atomic E-state index is 0.123. The van der Waals surface area contributed by atoms with Crippen molar-refractivity contribution < 1.29 is 13.6 Å². The van der Waals surface area contributed by atoms with Gasteiger partial charge in [-0.25, -0.2) is 9.07 Å². The maximum Gasteiger partial charge on any atom is 0.230 e. The molecule has 0 fully saturated rings. The van der Waals surface area contributed by atoms with Crippen LogP contribution in [0.2, 0.25) is 0 Å². The van der Waals surface area contributed by atoms with Gasteiger partial charge < -0.3 is 9.73 Å². The highest BCUT2D eigenvalue weighted by Crippen LogP contribution is 2.25. The molecule has 1 unspecified atom stereocenters. The molecule has 1 amide bonds. The summed E-state index contributed by atoms with van der Waals surface area (Å²) in [5.74, 6) is 1.05. The molecule has 10 heteroatoms. The molecule has 0 radical (unpaired) electrons. The molecule has 0 aliphatic rings. The number of nitrogens with zero attached hydrogens (tertiary/aromatic N) is 5. The Balaban J connectivity index is 1.39. The molecule has 166 valence electrons. The Labute approximate surface area is 188 Å². The van der Waals surface area contributed by atoms with Crippen molar-refractivity contribution in [2.24, 2.45) is 0 Å². The predicted octanol–water partition coefficient (Wildman–Crippen LogP) is 4.16. The summed E-state index contributed by atoms with van der Waals surface area (Å²) in [5, 5.41) is 16.5. The quantitative estimate of drug-likeness (QED) is 0.402. The first-order chi connectivity index (χ1) is 15.5. The largest absolute Gasteiger partial charge is 0.461 e. The summed E-state index contributed by atoms with van der Waals surface area (Å²) in [6.07, 6.45) is 3.31. The Morgan fingerprint density at radius 2 is 2.03 bits per heavy atom.